The lowest BCUT2D eigenvalue weighted by Gasteiger charge is -2.18. The van der Waals surface area contributed by atoms with Crippen LogP contribution in [0, 0.1) is 0 Å². The van der Waals surface area contributed by atoms with Crippen molar-refractivity contribution in [3.63, 3.8) is 0 Å². The van der Waals surface area contributed by atoms with Crippen molar-refractivity contribution in [2.24, 2.45) is 0 Å². The Labute approximate surface area is 340 Å². The molecular weight excluding hydrogens is 737 g/mol. The Bertz CT molecular complexity index is 4080. The second-order valence-electron chi connectivity index (χ2n) is 15.9. The number of benzene rings is 11. The van der Waals surface area contributed by atoms with Crippen LogP contribution in [0.15, 0.2) is 191 Å². The summed E-state index contributed by atoms with van der Waals surface area (Å²) in [5.41, 5.74) is 8.20. The van der Waals surface area contributed by atoms with Crippen LogP contribution in [0.3, 0.4) is 0 Å². The number of hydrogen-bond donors (Lipinski definition) is 0. The van der Waals surface area contributed by atoms with E-state index in [1.165, 1.54) is 90.7 Å². The molecule has 2 nitrogen and oxygen atoms in total. The Morgan fingerprint density at radius 3 is 1.27 bits per heavy atom. The molecule has 3 heteroatoms. The van der Waals surface area contributed by atoms with E-state index in [0.29, 0.717) is 0 Å². The quantitative estimate of drug-likeness (QED) is 0.129. The maximum Gasteiger partial charge on any atom is 0.178 e. The number of rotatable bonds is 2. The summed E-state index contributed by atoms with van der Waals surface area (Å²) in [5, 5.41) is 19.7. The number of furan rings is 2. The fourth-order valence-electron chi connectivity index (χ4n) is 10.3. The maximum atomic E-state index is 6.57. The molecule has 0 spiro atoms. The third-order valence-electron chi connectivity index (χ3n) is 12.8. The predicted molar refractivity (Wildman–Crippen MR) is 252 cm³/mol. The van der Waals surface area contributed by atoms with Crippen LogP contribution in [0.5, 0.6) is 0 Å². The van der Waals surface area contributed by atoms with Gasteiger partial charge in [0, 0.05) is 41.7 Å². The van der Waals surface area contributed by atoms with Gasteiger partial charge in [-0.15, -0.1) is 11.3 Å². The molecule has 0 radical (unpaired) electrons. The highest BCUT2D eigenvalue weighted by atomic mass is 32.1. The van der Waals surface area contributed by atoms with E-state index >= 15 is 0 Å². The van der Waals surface area contributed by atoms with Crippen molar-refractivity contribution in [3.05, 3.63) is 182 Å². The van der Waals surface area contributed by atoms with Crippen LogP contribution >= 0.6 is 11.3 Å². The molecule has 0 fully saturated rings. The zero-order valence-electron chi connectivity index (χ0n) is 31.5. The maximum absolute atomic E-state index is 6.57. The summed E-state index contributed by atoms with van der Waals surface area (Å²) in [4.78, 5) is 0. The third kappa shape index (κ3) is 4.29. The average molecular weight is 767 g/mol. The highest BCUT2D eigenvalue weighted by Gasteiger charge is 2.21. The third-order valence-corrected chi connectivity index (χ3v) is 14.0. The molecule has 0 unspecified atom stereocenters. The van der Waals surface area contributed by atoms with Gasteiger partial charge in [-0.2, -0.15) is 0 Å². The molecular formula is C56H30O2S. The van der Waals surface area contributed by atoms with E-state index in [4.69, 9.17) is 8.83 Å². The van der Waals surface area contributed by atoms with Gasteiger partial charge in [-0.3, -0.25) is 0 Å². The molecule has 14 aromatic rings. The van der Waals surface area contributed by atoms with Gasteiger partial charge in [-0.25, -0.2) is 0 Å². The molecule has 11 aromatic carbocycles. The van der Waals surface area contributed by atoms with Crippen molar-refractivity contribution < 1.29 is 8.83 Å². The molecule has 3 heterocycles. The largest absolute Gasteiger partial charge is 0.452 e. The first-order chi connectivity index (χ1) is 29.2. The van der Waals surface area contributed by atoms with Crippen LogP contribution in [0.2, 0.25) is 0 Å². The number of thiophene rings is 1. The van der Waals surface area contributed by atoms with Gasteiger partial charge in [0.25, 0.3) is 0 Å². The lowest BCUT2D eigenvalue weighted by atomic mass is 9.85. The van der Waals surface area contributed by atoms with E-state index in [1.807, 2.05) is 23.5 Å². The van der Waals surface area contributed by atoms with Gasteiger partial charge in [0.15, 0.2) is 11.2 Å². The van der Waals surface area contributed by atoms with E-state index in [9.17, 15) is 0 Å². The van der Waals surface area contributed by atoms with Crippen molar-refractivity contribution in [2.45, 2.75) is 0 Å². The zero-order chi connectivity index (χ0) is 38.3. The molecule has 3 aromatic heterocycles. The summed E-state index contributed by atoms with van der Waals surface area (Å²) in [5.74, 6) is 0. The molecule has 0 saturated carbocycles. The molecule has 0 amide bonds. The van der Waals surface area contributed by atoms with Gasteiger partial charge in [0.05, 0.1) is 0 Å². The van der Waals surface area contributed by atoms with Crippen LogP contribution in [-0.2, 0) is 0 Å². The zero-order valence-corrected chi connectivity index (χ0v) is 32.4. The Morgan fingerprint density at radius 2 is 0.678 bits per heavy atom. The van der Waals surface area contributed by atoms with Gasteiger partial charge in [-0.1, -0.05) is 127 Å². The van der Waals surface area contributed by atoms with Crippen molar-refractivity contribution >= 4 is 129 Å². The van der Waals surface area contributed by atoms with Crippen molar-refractivity contribution in [3.8, 4) is 22.3 Å². The van der Waals surface area contributed by atoms with E-state index in [1.54, 1.807) is 0 Å². The highest BCUT2D eigenvalue weighted by molar-refractivity contribution is 7.25. The number of para-hydroxylation sites is 1. The van der Waals surface area contributed by atoms with Crippen LogP contribution < -0.4 is 0 Å². The molecule has 59 heavy (non-hydrogen) atoms. The summed E-state index contributed by atoms with van der Waals surface area (Å²) < 4.78 is 15.6. The number of fused-ring (bicyclic) bond motifs is 18. The topological polar surface area (TPSA) is 26.3 Å². The van der Waals surface area contributed by atoms with Crippen LogP contribution in [0.1, 0.15) is 0 Å². The summed E-state index contributed by atoms with van der Waals surface area (Å²) >= 11 is 1.89. The highest BCUT2D eigenvalue weighted by Crippen LogP contribution is 2.48. The number of hydrogen-bond acceptors (Lipinski definition) is 3. The molecule has 0 aliphatic carbocycles. The van der Waals surface area contributed by atoms with Gasteiger partial charge in [-0.05, 0) is 131 Å². The summed E-state index contributed by atoms with van der Waals surface area (Å²) in [7, 11) is 0. The molecule has 0 bridgehead atoms. The minimum atomic E-state index is 0.793. The SMILES string of the molecule is c1ccc2c(c1)oc1c2ccc2c3cc(-c4c5ccccc5c(-c5ccc6sc7cc8c9ccccc9c9ccccc9c8cc7c6c5)c5ccccc45)ccc3oc21. The molecule has 0 saturated heterocycles. The Balaban J connectivity index is 1.00. The van der Waals surface area contributed by atoms with E-state index in [-0.39, 0.29) is 0 Å². The van der Waals surface area contributed by atoms with Crippen molar-refractivity contribution in [1.82, 2.24) is 0 Å². The molecule has 0 atom stereocenters. The minimum absolute atomic E-state index is 0.793. The molecule has 0 aliphatic heterocycles. The molecule has 0 aliphatic rings. The fourth-order valence-corrected chi connectivity index (χ4v) is 11.4. The van der Waals surface area contributed by atoms with Crippen LogP contribution in [-0.4, -0.2) is 0 Å². The van der Waals surface area contributed by atoms with E-state index < -0.39 is 0 Å². The van der Waals surface area contributed by atoms with Crippen molar-refractivity contribution in [1.29, 1.82) is 0 Å². The standard InChI is InChI=1S/C56H30O2S/c1-3-13-35-33(11-1)34-12-2-4-14-36(34)45-30-52-48(29-44(35)45)47-28-32(22-26-51(47)59-52)54-40-18-7-5-16-38(40)53(39-17-6-8-19-41(39)54)31-21-25-50-46(27-31)43-24-23-42-37-15-9-10-20-49(37)57-55(42)56(43)58-50/h1-30H. The lowest BCUT2D eigenvalue weighted by Crippen LogP contribution is -1.90. The first-order valence-electron chi connectivity index (χ1n) is 20.2. The molecule has 272 valence electrons. The average Bonchev–Trinajstić information content (AvgIpc) is 3.98. The summed E-state index contributed by atoms with van der Waals surface area (Å²) in [6.07, 6.45) is 0. The first kappa shape index (κ1) is 31.6. The Morgan fingerprint density at radius 1 is 0.254 bits per heavy atom. The van der Waals surface area contributed by atoms with Gasteiger partial charge in [0.1, 0.15) is 11.2 Å². The first-order valence-corrected chi connectivity index (χ1v) is 21.0. The normalized spacial score (nSPS) is 12.4. The Hall–Kier alpha value is -7.46. The smallest absolute Gasteiger partial charge is 0.178 e. The predicted octanol–water partition coefficient (Wildman–Crippen LogP) is 17.0. The van der Waals surface area contributed by atoms with Gasteiger partial charge >= 0.3 is 0 Å². The summed E-state index contributed by atoms with van der Waals surface area (Å²) in [6, 6.07) is 66.8. The summed E-state index contributed by atoms with van der Waals surface area (Å²) in [6.45, 7) is 0. The van der Waals surface area contributed by atoms with Crippen LogP contribution in [0.4, 0.5) is 0 Å². The van der Waals surface area contributed by atoms with Crippen LogP contribution in [0.25, 0.3) is 140 Å². The molecule has 14 rings (SSSR count). The second-order valence-corrected chi connectivity index (χ2v) is 17.0. The van der Waals surface area contributed by atoms with Crippen molar-refractivity contribution in [2.75, 3.05) is 0 Å². The minimum Gasteiger partial charge on any atom is -0.452 e. The molecule has 0 N–H and O–H groups in total. The fraction of sp³-hybridized carbons (Fsp3) is 0. The van der Waals surface area contributed by atoms with E-state index in [2.05, 4.69) is 170 Å². The second kappa shape index (κ2) is 11.6. The monoisotopic (exact) mass is 766 g/mol. The lowest BCUT2D eigenvalue weighted by molar-refractivity contribution is 0.633. The van der Waals surface area contributed by atoms with Gasteiger partial charge < -0.3 is 8.83 Å². The van der Waals surface area contributed by atoms with Gasteiger partial charge in [0.2, 0.25) is 0 Å². The Kier molecular flexibility index (Phi) is 6.20. The van der Waals surface area contributed by atoms with E-state index in [0.717, 1.165) is 49.4 Å².